The largest absolute Gasteiger partial charge is 0.478 e. The van der Waals surface area contributed by atoms with Crippen molar-refractivity contribution < 1.29 is 14.3 Å². The summed E-state index contributed by atoms with van der Waals surface area (Å²) in [6.07, 6.45) is 0. The minimum absolute atomic E-state index is 0.251. The molecule has 0 saturated heterocycles. The number of aromatic carboxylic acids is 1. The maximum Gasteiger partial charge on any atom is 0.335 e. The molecule has 0 aromatic heterocycles. The van der Waals surface area contributed by atoms with Crippen LogP contribution in [0.25, 0.3) is 11.1 Å². The molecule has 0 heterocycles. The molecule has 0 spiro atoms. The Bertz CT molecular complexity index is 660. The van der Waals surface area contributed by atoms with Gasteiger partial charge in [-0.25, -0.2) is 9.18 Å². The lowest BCUT2D eigenvalue weighted by Crippen LogP contribution is -2.01. The fourth-order valence-corrected chi connectivity index (χ4v) is 2.15. The van der Waals surface area contributed by atoms with E-state index in [4.69, 9.17) is 5.11 Å². The van der Waals surface area contributed by atoms with Crippen molar-refractivity contribution >= 4 is 5.97 Å². The molecule has 0 atom stereocenters. The van der Waals surface area contributed by atoms with E-state index in [1.165, 1.54) is 6.07 Å². The van der Waals surface area contributed by atoms with Crippen molar-refractivity contribution in [1.29, 1.82) is 0 Å². The molecule has 0 fully saturated rings. The van der Waals surface area contributed by atoms with Gasteiger partial charge in [0.15, 0.2) is 0 Å². The number of benzene rings is 2. The van der Waals surface area contributed by atoms with Gasteiger partial charge in [-0.15, -0.1) is 0 Å². The standard InChI is InChI=1S/C16H15FO2/c1-9-4-5-12(7-15(9)17)13-8-14(16(18)19)11(3)6-10(13)2/h4-8H,1-3H3,(H,18,19). The summed E-state index contributed by atoms with van der Waals surface area (Å²) in [4.78, 5) is 11.2. The van der Waals surface area contributed by atoms with Crippen LogP contribution in [0.5, 0.6) is 0 Å². The summed E-state index contributed by atoms with van der Waals surface area (Å²) < 4.78 is 13.6. The molecule has 0 amide bonds. The van der Waals surface area contributed by atoms with Crippen LogP contribution in [0.4, 0.5) is 4.39 Å². The van der Waals surface area contributed by atoms with Crippen molar-refractivity contribution in [2.45, 2.75) is 20.8 Å². The highest BCUT2D eigenvalue weighted by Crippen LogP contribution is 2.28. The molecule has 2 nitrogen and oxygen atoms in total. The lowest BCUT2D eigenvalue weighted by atomic mass is 9.94. The SMILES string of the molecule is Cc1ccc(-c2cc(C(=O)O)c(C)cc2C)cc1F. The third kappa shape index (κ3) is 2.50. The van der Waals surface area contributed by atoms with Gasteiger partial charge >= 0.3 is 5.97 Å². The van der Waals surface area contributed by atoms with Crippen LogP contribution in [0.1, 0.15) is 27.0 Å². The first kappa shape index (κ1) is 13.3. The van der Waals surface area contributed by atoms with Crippen LogP contribution in [0.15, 0.2) is 30.3 Å². The fraction of sp³-hybridized carbons (Fsp3) is 0.188. The van der Waals surface area contributed by atoms with Gasteiger partial charge in [0.2, 0.25) is 0 Å². The van der Waals surface area contributed by atoms with E-state index in [0.717, 1.165) is 11.1 Å². The van der Waals surface area contributed by atoms with Crippen LogP contribution in [0.3, 0.4) is 0 Å². The Kier molecular flexibility index (Phi) is 3.38. The van der Waals surface area contributed by atoms with Crippen molar-refractivity contribution in [3.05, 3.63) is 58.4 Å². The Labute approximate surface area is 111 Å². The second-order valence-electron chi connectivity index (χ2n) is 4.75. The van der Waals surface area contributed by atoms with Gasteiger partial charge in [0.1, 0.15) is 5.82 Å². The van der Waals surface area contributed by atoms with Crippen LogP contribution in [-0.4, -0.2) is 11.1 Å². The predicted molar refractivity (Wildman–Crippen MR) is 73.0 cm³/mol. The molecule has 0 aliphatic rings. The van der Waals surface area contributed by atoms with Gasteiger partial charge in [-0.05, 0) is 60.7 Å². The molecule has 2 aromatic rings. The average Bonchev–Trinajstić information content (AvgIpc) is 2.32. The normalized spacial score (nSPS) is 10.5. The van der Waals surface area contributed by atoms with E-state index in [1.54, 1.807) is 26.0 Å². The second kappa shape index (κ2) is 4.84. The minimum atomic E-state index is -0.966. The molecule has 0 saturated carbocycles. The number of carboxylic acids is 1. The summed E-state index contributed by atoms with van der Waals surface area (Å²) >= 11 is 0. The summed E-state index contributed by atoms with van der Waals surface area (Å²) in [5, 5.41) is 9.15. The van der Waals surface area contributed by atoms with Crippen LogP contribution in [0.2, 0.25) is 0 Å². The molecule has 1 N–H and O–H groups in total. The summed E-state index contributed by atoms with van der Waals surface area (Å²) in [5.41, 5.74) is 3.92. The zero-order valence-electron chi connectivity index (χ0n) is 11.1. The van der Waals surface area contributed by atoms with E-state index in [1.807, 2.05) is 19.1 Å². The fourth-order valence-electron chi connectivity index (χ4n) is 2.15. The first-order chi connectivity index (χ1) is 8.90. The number of carbonyl (C=O) groups is 1. The Morgan fingerprint density at radius 3 is 2.26 bits per heavy atom. The highest BCUT2D eigenvalue weighted by Gasteiger charge is 2.12. The molecule has 0 unspecified atom stereocenters. The Balaban J connectivity index is 2.64. The predicted octanol–water partition coefficient (Wildman–Crippen LogP) is 4.12. The summed E-state index contributed by atoms with van der Waals surface area (Å²) in [5.74, 6) is -1.25. The van der Waals surface area contributed by atoms with Gasteiger partial charge in [0.05, 0.1) is 5.56 Å². The summed E-state index contributed by atoms with van der Waals surface area (Å²) in [7, 11) is 0. The Morgan fingerprint density at radius 2 is 1.68 bits per heavy atom. The van der Waals surface area contributed by atoms with Crippen molar-refractivity contribution in [2.75, 3.05) is 0 Å². The van der Waals surface area contributed by atoms with Gasteiger partial charge in [-0.3, -0.25) is 0 Å². The van der Waals surface area contributed by atoms with Crippen molar-refractivity contribution in [1.82, 2.24) is 0 Å². The number of hydrogen-bond donors (Lipinski definition) is 1. The van der Waals surface area contributed by atoms with Crippen molar-refractivity contribution in [3.8, 4) is 11.1 Å². The first-order valence-electron chi connectivity index (χ1n) is 6.01. The van der Waals surface area contributed by atoms with Gasteiger partial charge in [-0.1, -0.05) is 18.2 Å². The Hall–Kier alpha value is -2.16. The van der Waals surface area contributed by atoms with Crippen molar-refractivity contribution in [2.24, 2.45) is 0 Å². The zero-order valence-corrected chi connectivity index (χ0v) is 11.1. The average molecular weight is 258 g/mol. The molecular weight excluding hydrogens is 243 g/mol. The van der Waals surface area contributed by atoms with E-state index >= 15 is 0 Å². The first-order valence-corrected chi connectivity index (χ1v) is 6.01. The smallest absolute Gasteiger partial charge is 0.335 e. The van der Waals surface area contributed by atoms with E-state index in [0.29, 0.717) is 16.7 Å². The van der Waals surface area contributed by atoms with Crippen LogP contribution >= 0.6 is 0 Å². The monoisotopic (exact) mass is 258 g/mol. The molecule has 19 heavy (non-hydrogen) atoms. The molecule has 0 aliphatic heterocycles. The Morgan fingerprint density at radius 1 is 1.00 bits per heavy atom. The van der Waals surface area contributed by atoms with E-state index < -0.39 is 5.97 Å². The number of carboxylic acid groups (broad SMARTS) is 1. The maximum absolute atomic E-state index is 13.6. The van der Waals surface area contributed by atoms with Crippen LogP contribution < -0.4 is 0 Å². The van der Waals surface area contributed by atoms with Gasteiger partial charge in [-0.2, -0.15) is 0 Å². The maximum atomic E-state index is 13.6. The number of hydrogen-bond acceptors (Lipinski definition) is 1. The van der Waals surface area contributed by atoms with Gasteiger partial charge < -0.3 is 5.11 Å². The van der Waals surface area contributed by atoms with Gasteiger partial charge in [0, 0.05) is 0 Å². The quantitative estimate of drug-likeness (QED) is 0.879. The third-order valence-electron chi connectivity index (χ3n) is 3.28. The van der Waals surface area contributed by atoms with E-state index in [-0.39, 0.29) is 11.4 Å². The van der Waals surface area contributed by atoms with E-state index in [9.17, 15) is 9.18 Å². The molecule has 0 radical (unpaired) electrons. The number of rotatable bonds is 2. The molecule has 0 bridgehead atoms. The third-order valence-corrected chi connectivity index (χ3v) is 3.28. The summed E-state index contributed by atoms with van der Waals surface area (Å²) in [6.45, 7) is 5.35. The van der Waals surface area contributed by atoms with Crippen LogP contribution in [-0.2, 0) is 0 Å². The number of halogens is 1. The highest BCUT2D eigenvalue weighted by atomic mass is 19.1. The van der Waals surface area contributed by atoms with E-state index in [2.05, 4.69) is 0 Å². The molecule has 2 rings (SSSR count). The molecule has 3 heteroatoms. The topological polar surface area (TPSA) is 37.3 Å². The molecule has 0 aliphatic carbocycles. The van der Waals surface area contributed by atoms with Crippen molar-refractivity contribution in [3.63, 3.8) is 0 Å². The number of aryl methyl sites for hydroxylation is 3. The second-order valence-corrected chi connectivity index (χ2v) is 4.75. The minimum Gasteiger partial charge on any atom is -0.478 e. The zero-order chi connectivity index (χ0) is 14.2. The molecule has 98 valence electrons. The van der Waals surface area contributed by atoms with Crippen LogP contribution in [0, 0.1) is 26.6 Å². The van der Waals surface area contributed by atoms with Gasteiger partial charge in [0.25, 0.3) is 0 Å². The summed E-state index contributed by atoms with van der Waals surface area (Å²) in [6, 6.07) is 8.37. The lowest BCUT2D eigenvalue weighted by molar-refractivity contribution is 0.0696. The lowest BCUT2D eigenvalue weighted by Gasteiger charge is -2.11. The highest BCUT2D eigenvalue weighted by molar-refractivity contribution is 5.91. The molecular formula is C16H15FO2. The molecule has 2 aromatic carbocycles.